The fourth-order valence-electron chi connectivity index (χ4n) is 3.81. The second kappa shape index (κ2) is 6.04. The highest BCUT2D eigenvalue weighted by Crippen LogP contribution is 2.41. The van der Waals surface area contributed by atoms with Crippen molar-refractivity contribution in [2.75, 3.05) is 14.1 Å². The minimum absolute atomic E-state index is 0.634. The van der Waals surface area contributed by atoms with Crippen LogP contribution in [0.25, 0.3) is 10.8 Å². The van der Waals surface area contributed by atoms with Gasteiger partial charge in [0.25, 0.3) is 0 Å². The van der Waals surface area contributed by atoms with Crippen molar-refractivity contribution in [2.45, 2.75) is 38.1 Å². The van der Waals surface area contributed by atoms with Crippen LogP contribution in [-0.4, -0.2) is 26.1 Å². The number of hydrogen-bond acceptors (Lipinski definition) is 2. The van der Waals surface area contributed by atoms with Crippen molar-refractivity contribution in [1.29, 1.82) is 5.41 Å². The Labute approximate surface area is 132 Å². The highest BCUT2D eigenvalue weighted by molar-refractivity contribution is 5.99. The summed E-state index contributed by atoms with van der Waals surface area (Å²) in [5.41, 5.74) is 2.11. The predicted molar refractivity (Wildman–Crippen MR) is 94.3 cm³/mol. The fourth-order valence-corrected chi connectivity index (χ4v) is 3.81. The second-order valence-electron chi connectivity index (χ2n) is 6.71. The van der Waals surface area contributed by atoms with Crippen LogP contribution >= 0.6 is 0 Å². The molecule has 22 heavy (non-hydrogen) atoms. The molecule has 2 aromatic rings. The van der Waals surface area contributed by atoms with E-state index >= 15 is 0 Å². The molecule has 3 heteroatoms. The van der Waals surface area contributed by atoms with Crippen molar-refractivity contribution in [3.63, 3.8) is 0 Å². The van der Waals surface area contributed by atoms with Crippen LogP contribution in [0.15, 0.2) is 41.4 Å². The quantitative estimate of drug-likeness (QED) is 0.602. The molecule has 1 aliphatic carbocycles. The molecular formula is C19H24N3+. The average molecular weight is 294 g/mol. The third kappa shape index (κ3) is 2.58. The van der Waals surface area contributed by atoms with Crippen LogP contribution in [0, 0.1) is 5.41 Å². The van der Waals surface area contributed by atoms with Gasteiger partial charge in [-0.05, 0) is 37.1 Å². The van der Waals surface area contributed by atoms with Gasteiger partial charge in [0.15, 0.2) is 5.69 Å². The Morgan fingerprint density at radius 3 is 2.50 bits per heavy atom. The molecule has 0 radical (unpaired) electrons. The zero-order chi connectivity index (χ0) is 15.6. The van der Waals surface area contributed by atoms with E-state index < -0.39 is 0 Å². The molecule has 1 N–H and O–H groups in total. The number of nitrogens with zero attached hydrogens (tertiary/aromatic N) is 2. The Hall–Kier alpha value is -1.96. The maximum Gasteiger partial charge on any atom is 0.160 e. The summed E-state index contributed by atoms with van der Waals surface area (Å²) < 4.78 is 0.839. The van der Waals surface area contributed by atoms with Gasteiger partial charge in [-0.2, -0.15) is 4.99 Å². The lowest BCUT2D eigenvalue weighted by Crippen LogP contribution is -2.50. The van der Waals surface area contributed by atoms with Crippen LogP contribution in [0.2, 0.25) is 0 Å². The lowest BCUT2D eigenvalue weighted by atomic mass is 9.92. The van der Waals surface area contributed by atoms with Gasteiger partial charge >= 0.3 is 0 Å². The van der Waals surface area contributed by atoms with Gasteiger partial charge in [-0.15, -0.1) is 0 Å². The van der Waals surface area contributed by atoms with Crippen molar-refractivity contribution >= 4 is 28.2 Å². The summed E-state index contributed by atoms with van der Waals surface area (Å²) in [6, 6.07) is 15.5. The molecule has 0 unspecified atom stereocenters. The molecule has 0 amide bonds. The number of hydrogen-bond donors (Lipinski definition) is 1. The third-order valence-electron chi connectivity index (χ3n) is 5.16. The van der Waals surface area contributed by atoms with Crippen LogP contribution in [0.5, 0.6) is 0 Å². The topological polar surface area (TPSA) is 36.2 Å². The smallest absolute Gasteiger partial charge is 0.160 e. The molecular weight excluding hydrogens is 270 g/mol. The first-order chi connectivity index (χ1) is 10.6. The minimum atomic E-state index is 0.634. The van der Waals surface area contributed by atoms with Crippen molar-refractivity contribution in [2.24, 2.45) is 4.99 Å². The molecule has 2 aromatic carbocycles. The average Bonchev–Trinajstić information content (AvgIpc) is 2.56. The largest absolute Gasteiger partial charge is 0.292 e. The predicted octanol–water partition coefficient (Wildman–Crippen LogP) is 5.12. The normalized spacial score (nSPS) is 16.5. The number of fused-ring (bicyclic) bond motifs is 1. The SMILES string of the molecule is C[N+](C)(c1ccc2ccccc2c1N=C=N)C1CCCCC1. The van der Waals surface area contributed by atoms with Gasteiger partial charge in [0.05, 0.1) is 26.1 Å². The molecule has 3 rings (SSSR count). The second-order valence-corrected chi connectivity index (χ2v) is 6.71. The molecule has 0 spiro atoms. The van der Waals surface area contributed by atoms with E-state index in [4.69, 9.17) is 5.41 Å². The molecule has 1 aliphatic rings. The molecule has 0 atom stereocenters. The third-order valence-corrected chi connectivity index (χ3v) is 5.16. The van der Waals surface area contributed by atoms with Gasteiger partial charge in [0, 0.05) is 11.5 Å². The summed E-state index contributed by atoms with van der Waals surface area (Å²) in [4.78, 5) is 4.30. The van der Waals surface area contributed by atoms with Crippen LogP contribution in [0.3, 0.4) is 0 Å². The molecule has 0 heterocycles. The van der Waals surface area contributed by atoms with Gasteiger partial charge in [0.1, 0.15) is 5.69 Å². The van der Waals surface area contributed by atoms with E-state index in [-0.39, 0.29) is 0 Å². The van der Waals surface area contributed by atoms with E-state index in [1.165, 1.54) is 43.2 Å². The van der Waals surface area contributed by atoms with Crippen LogP contribution < -0.4 is 4.48 Å². The van der Waals surface area contributed by atoms with Crippen LogP contribution in [0.4, 0.5) is 11.4 Å². The van der Waals surface area contributed by atoms with Crippen molar-refractivity contribution in [1.82, 2.24) is 4.48 Å². The van der Waals surface area contributed by atoms with E-state index in [1.54, 1.807) is 0 Å². The highest BCUT2D eigenvalue weighted by Gasteiger charge is 2.34. The van der Waals surface area contributed by atoms with Gasteiger partial charge in [-0.3, -0.25) is 4.48 Å². The molecule has 0 aliphatic heterocycles. The summed E-state index contributed by atoms with van der Waals surface area (Å²) >= 11 is 0. The van der Waals surface area contributed by atoms with Crippen molar-refractivity contribution in [3.8, 4) is 0 Å². The number of aliphatic imine (C=N–C) groups is 1. The first kappa shape index (κ1) is 15.0. The molecule has 1 saturated carbocycles. The molecule has 114 valence electrons. The summed E-state index contributed by atoms with van der Waals surface area (Å²) in [6.45, 7) is 0. The Morgan fingerprint density at radius 1 is 1.05 bits per heavy atom. The van der Waals surface area contributed by atoms with Gasteiger partial charge < -0.3 is 0 Å². The molecule has 1 fully saturated rings. The first-order valence-electron chi connectivity index (χ1n) is 8.13. The van der Waals surface area contributed by atoms with E-state index in [9.17, 15) is 0 Å². The van der Waals surface area contributed by atoms with E-state index in [1.807, 2.05) is 12.1 Å². The summed E-state index contributed by atoms with van der Waals surface area (Å²) in [5, 5.41) is 9.62. The highest BCUT2D eigenvalue weighted by atomic mass is 15.3. The number of benzene rings is 2. The van der Waals surface area contributed by atoms with E-state index in [0.29, 0.717) is 6.04 Å². The summed E-state index contributed by atoms with van der Waals surface area (Å²) in [7, 11) is 4.56. The van der Waals surface area contributed by atoms with Crippen molar-refractivity contribution < 1.29 is 0 Å². The Balaban J connectivity index is 2.16. The zero-order valence-corrected chi connectivity index (χ0v) is 13.5. The van der Waals surface area contributed by atoms with Crippen LogP contribution in [0.1, 0.15) is 32.1 Å². The maximum atomic E-state index is 7.34. The zero-order valence-electron chi connectivity index (χ0n) is 13.5. The van der Waals surface area contributed by atoms with E-state index in [2.05, 4.69) is 49.4 Å². The molecule has 0 saturated heterocycles. The number of quaternary nitrogens is 1. The standard InChI is InChI=1S/C19H24N3/c1-22(2,16-9-4-3-5-10-16)18-13-12-15-8-6-7-11-17(15)19(18)21-14-20/h6-8,11-13,16,20H,3-5,9-10H2,1-2H3/q+1. The molecule has 3 nitrogen and oxygen atoms in total. The van der Waals surface area contributed by atoms with Gasteiger partial charge in [0.2, 0.25) is 0 Å². The molecule has 0 aromatic heterocycles. The first-order valence-corrected chi connectivity index (χ1v) is 8.13. The minimum Gasteiger partial charge on any atom is -0.292 e. The Morgan fingerprint density at radius 2 is 1.77 bits per heavy atom. The fraction of sp³-hybridized carbons (Fsp3) is 0.421. The monoisotopic (exact) mass is 294 g/mol. The van der Waals surface area contributed by atoms with E-state index in [0.717, 1.165) is 15.6 Å². The lowest BCUT2D eigenvalue weighted by Gasteiger charge is -2.40. The Kier molecular flexibility index (Phi) is 4.10. The van der Waals surface area contributed by atoms with Gasteiger partial charge in [-0.1, -0.05) is 30.7 Å². The van der Waals surface area contributed by atoms with Crippen LogP contribution in [-0.2, 0) is 0 Å². The number of rotatable bonds is 3. The number of nitrogens with one attached hydrogen (secondary N) is 1. The Bertz CT molecular complexity index is 721. The summed E-state index contributed by atoms with van der Waals surface area (Å²) in [6.07, 6.45) is 6.55. The van der Waals surface area contributed by atoms with Gasteiger partial charge in [-0.25, -0.2) is 5.41 Å². The summed E-state index contributed by atoms with van der Waals surface area (Å²) in [5.74, 6) is 0. The lowest BCUT2D eigenvalue weighted by molar-refractivity contribution is 0.229. The van der Waals surface area contributed by atoms with Crippen molar-refractivity contribution in [3.05, 3.63) is 36.4 Å². The maximum absolute atomic E-state index is 7.34. The molecule has 0 bridgehead atoms.